The van der Waals surface area contributed by atoms with E-state index in [9.17, 15) is 14.4 Å². The Hall–Kier alpha value is -2.47. The number of thiophene rings is 1. The summed E-state index contributed by atoms with van der Waals surface area (Å²) >= 11 is 1.49. The van der Waals surface area contributed by atoms with Gasteiger partial charge in [-0.05, 0) is 61.6 Å². The molecule has 1 aliphatic carbocycles. The number of benzene rings is 1. The molecule has 5 nitrogen and oxygen atoms in total. The third kappa shape index (κ3) is 5.54. The number of carbonyl (C=O) groups excluding carboxylic acids is 3. The molecule has 2 aromatic rings. The minimum atomic E-state index is -0.497. The van der Waals surface area contributed by atoms with Gasteiger partial charge in [-0.25, -0.2) is 4.79 Å². The van der Waals surface area contributed by atoms with Gasteiger partial charge in [0.05, 0.1) is 0 Å². The molecule has 0 aliphatic heterocycles. The summed E-state index contributed by atoms with van der Waals surface area (Å²) in [5.74, 6) is -0.810. The number of hydrogen-bond acceptors (Lipinski definition) is 5. The largest absolute Gasteiger partial charge is 0.453 e. The van der Waals surface area contributed by atoms with Gasteiger partial charge in [0.25, 0.3) is 0 Å². The number of ketones is 1. The van der Waals surface area contributed by atoms with Crippen LogP contribution in [0.25, 0.3) is 0 Å². The van der Waals surface area contributed by atoms with Crippen LogP contribution in [0.15, 0.2) is 30.3 Å². The lowest BCUT2D eigenvalue weighted by molar-refractivity contribution is -0.123. The highest BCUT2D eigenvalue weighted by Gasteiger charge is 2.21. The summed E-state index contributed by atoms with van der Waals surface area (Å²) < 4.78 is 5.24. The van der Waals surface area contributed by atoms with Crippen molar-refractivity contribution in [3.8, 4) is 0 Å². The van der Waals surface area contributed by atoms with Gasteiger partial charge in [0.1, 0.15) is 4.88 Å². The first kappa shape index (κ1) is 21.2. The fourth-order valence-electron chi connectivity index (χ4n) is 3.11. The van der Waals surface area contributed by atoms with Crippen LogP contribution in [0.3, 0.4) is 0 Å². The van der Waals surface area contributed by atoms with E-state index in [1.807, 2.05) is 26.8 Å². The zero-order valence-electron chi connectivity index (χ0n) is 17.2. The summed E-state index contributed by atoms with van der Waals surface area (Å²) in [5.41, 5.74) is 1.81. The van der Waals surface area contributed by atoms with Crippen molar-refractivity contribution in [2.75, 3.05) is 11.9 Å². The van der Waals surface area contributed by atoms with Gasteiger partial charge in [0.15, 0.2) is 12.4 Å². The maximum atomic E-state index is 12.4. The number of carbonyl (C=O) groups is 3. The molecule has 0 saturated carbocycles. The zero-order valence-corrected chi connectivity index (χ0v) is 18.0. The van der Waals surface area contributed by atoms with Crippen molar-refractivity contribution in [3.63, 3.8) is 0 Å². The van der Waals surface area contributed by atoms with Crippen LogP contribution in [0.2, 0.25) is 0 Å². The molecule has 0 spiro atoms. The molecule has 0 unspecified atom stereocenters. The van der Waals surface area contributed by atoms with Crippen molar-refractivity contribution in [2.45, 2.75) is 52.9 Å². The maximum Gasteiger partial charge on any atom is 0.348 e. The highest BCUT2D eigenvalue weighted by molar-refractivity contribution is 7.14. The lowest BCUT2D eigenvalue weighted by atomic mass is 9.95. The van der Waals surface area contributed by atoms with E-state index in [4.69, 9.17) is 4.74 Å². The van der Waals surface area contributed by atoms with E-state index in [1.54, 1.807) is 24.3 Å². The number of hydrogen-bond donors (Lipinski definition) is 1. The predicted molar refractivity (Wildman–Crippen MR) is 115 cm³/mol. The fraction of sp³-hybridized carbons (Fsp3) is 0.435. The van der Waals surface area contributed by atoms with Gasteiger partial charge in [0, 0.05) is 21.5 Å². The van der Waals surface area contributed by atoms with Gasteiger partial charge >= 0.3 is 5.97 Å². The van der Waals surface area contributed by atoms with Crippen LogP contribution in [0.1, 0.15) is 70.5 Å². The van der Waals surface area contributed by atoms with E-state index in [-0.39, 0.29) is 18.3 Å². The van der Waals surface area contributed by atoms with Crippen LogP contribution in [-0.2, 0) is 22.4 Å². The van der Waals surface area contributed by atoms with Crippen molar-refractivity contribution in [2.24, 2.45) is 5.41 Å². The number of aryl methyl sites for hydroxylation is 2. The number of rotatable bonds is 5. The Balaban J connectivity index is 1.55. The monoisotopic (exact) mass is 413 g/mol. The smallest absolute Gasteiger partial charge is 0.348 e. The Bertz CT molecular complexity index is 882. The van der Waals surface area contributed by atoms with E-state index in [0.29, 0.717) is 16.1 Å². The topological polar surface area (TPSA) is 72.5 Å². The second-order valence-corrected chi connectivity index (χ2v) is 9.54. The summed E-state index contributed by atoms with van der Waals surface area (Å²) in [5, 5.41) is 2.81. The molecule has 1 N–H and O–H groups in total. The van der Waals surface area contributed by atoms with E-state index in [0.717, 1.165) is 25.7 Å². The molecule has 1 aliphatic rings. The fourth-order valence-corrected chi connectivity index (χ4v) is 4.26. The van der Waals surface area contributed by atoms with E-state index < -0.39 is 11.4 Å². The molecule has 0 saturated heterocycles. The SMILES string of the molecule is CC(C)(C)C(=O)Nc1ccc(C(=O)COC(=O)c2cc3c(s2)CCCCC3)cc1. The molecule has 154 valence electrons. The third-order valence-corrected chi connectivity index (χ3v) is 6.15. The Labute approximate surface area is 175 Å². The molecule has 0 bridgehead atoms. The molecule has 6 heteroatoms. The summed E-state index contributed by atoms with van der Waals surface area (Å²) in [6.07, 6.45) is 5.57. The summed E-state index contributed by atoms with van der Waals surface area (Å²) in [6, 6.07) is 8.53. The van der Waals surface area contributed by atoms with Crippen LogP contribution in [0, 0.1) is 5.41 Å². The van der Waals surface area contributed by atoms with Gasteiger partial charge in [0.2, 0.25) is 5.91 Å². The highest BCUT2D eigenvalue weighted by Crippen LogP contribution is 2.29. The first-order chi connectivity index (χ1) is 13.7. The third-order valence-electron chi connectivity index (χ3n) is 4.93. The van der Waals surface area contributed by atoms with Gasteiger partial charge in [-0.15, -0.1) is 11.3 Å². The number of ether oxygens (including phenoxy) is 1. The molecule has 0 atom stereocenters. The van der Waals surface area contributed by atoms with Gasteiger partial charge in [-0.3, -0.25) is 9.59 Å². The second-order valence-electron chi connectivity index (χ2n) is 8.40. The van der Waals surface area contributed by atoms with Crippen molar-refractivity contribution in [1.29, 1.82) is 0 Å². The van der Waals surface area contributed by atoms with Crippen molar-refractivity contribution >= 4 is 34.7 Å². The average Bonchev–Trinajstić information content (AvgIpc) is 2.96. The number of nitrogens with one attached hydrogen (secondary N) is 1. The quantitative estimate of drug-likeness (QED) is 0.423. The first-order valence-electron chi connectivity index (χ1n) is 9.97. The van der Waals surface area contributed by atoms with Gasteiger partial charge in [-0.1, -0.05) is 27.2 Å². The Morgan fingerprint density at radius 1 is 1.03 bits per heavy atom. The van der Waals surface area contributed by atoms with Crippen molar-refractivity contribution in [1.82, 2.24) is 0 Å². The van der Waals surface area contributed by atoms with Gasteiger partial charge in [-0.2, -0.15) is 0 Å². The minimum Gasteiger partial charge on any atom is -0.453 e. The number of fused-ring (bicyclic) bond motifs is 1. The first-order valence-corrected chi connectivity index (χ1v) is 10.8. The minimum absolute atomic E-state index is 0.0974. The van der Waals surface area contributed by atoms with Crippen molar-refractivity contribution in [3.05, 3.63) is 51.2 Å². The molecule has 1 amide bonds. The zero-order chi connectivity index (χ0) is 21.0. The van der Waals surface area contributed by atoms with Crippen LogP contribution in [0.4, 0.5) is 5.69 Å². The van der Waals surface area contributed by atoms with Crippen LogP contribution in [-0.4, -0.2) is 24.3 Å². The lowest BCUT2D eigenvalue weighted by Crippen LogP contribution is -2.27. The van der Waals surface area contributed by atoms with E-state index in [1.165, 1.54) is 28.2 Å². The average molecular weight is 414 g/mol. The van der Waals surface area contributed by atoms with E-state index in [2.05, 4.69) is 5.32 Å². The highest BCUT2D eigenvalue weighted by atomic mass is 32.1. The molecule has 1 aromatic heterocycles. The van der Waals surface area contributed by atoms with E-state index >= 15 is 0 Å². The van der Waals surface area contributed by atoms with Crippen LogP contribution >= 0.6 is 11.3 Å². The molecule has 3 rings (SSSR count). The van der Waals surface area contributed by atoms with Gasteiger partial charge < -0.3 is 10.1 Å². The summed E-state index contributed by atoms with van der Waals surface area (Å²) in [4.78, 5) is 38.6. The lowest BCUT2D eigenvalue weighted by Gasteiger charge is -2.17. The molecule has 1 heterocycles. The predicted octanol–water partition coefficient (Wildman–Crippen LogP) is 5.04. The van der Waals surface area contributed by atoms with Crippen molar-refractivity contribution < 1.29 is 19.1 Å². The number of amides is 1. The summed E-state index contributed by atoms with van der Waals surface area (Å²) in [7, 11) is 0. The molecular weight excluding hydrogens is 386 g/mol. The number of Topliss-reactive ketones (excluding diaryl/α,β-unsaturated/α-hetero) is 1. The Morgan fingerprint density at radius 2 is 1.72 bits per heavy atom. The molecule has 0 radical (unpaired) electrons. The normalized spacial score (nSPS) is 13.9. The Kier molecular flexibility index (Phi) is 6.52. The standard InChI is InChI=1S/C23H27NO4S/c1-23(2,3)22(27)24-17-11-9-15(10-12-17)18(25)14-28-21(26)20-13-16-7-5-4-6-8-19(16)29-20/h9-13H,4-8,14H2,1-3H3,(H,24,27). The molecule has 1 aromatic carbocycles. The maximum absolute atomic E-state index is 12.4. The molecule has 29 heavy (non-hydrogen) atoms. The second kappa shape index (κ2) is 8.91. The Morgan fingerprint density at radius 3 is 2.41 bits per heavy atom. The molecule has 0 fully saturated rings. The van der Waals surface area contributed by atoms with Crippen LogP contribution < -0.4 is 5.32 Å². The van der Waals surface area contributed by atoms with Crippen LogP contribution in [0.5, 0.6) is 0 Å². The molecular formula is C23H27NO4S. The number of anilines is 1. The summed E-state index contributed by atoms with van der Waals surface area (Å²) in [6.45, 7) is 5.20. The number of esters is 1.